The minimum absolute atomic E-state index is 0.149. The maximum atomic E-state index is 13.2. The lowest BCUT2D eigenvalue weighted by molar-refractivity contribution is -0.130. The Bertz CT molecular complexity index is 1090. The van der Waals surface area contributed by atoms with Crippen LogP contribution in [0.3, 0.4) is 0 Å². The first kappa shape index (κ1) is 23.6. The Hall–Kier alpha value is -3.59. The molecule has 0 aromatic heterocycles. The molecule has 4 rings (SSSR count). The fourth-order valence-corrected chi connectivity index (χ4v) is 4.43. The van der Waals surface area contributed by atoms with Crippen molar-refractivity contribution in [3.63, 3.8) is 0 Å². The van der Waals surface area contributed by atoms with Crippen molar-refractivity contribution in [3.8, 4) is 11.5 Å². The van der Waals surface area contributed by atoms with E-state index in [9.17, 15) is 14.4 Å². The average Bonchev–Trinajstić information content (AvgIpc) is 2.81. The lowest BCUT2D eigenvalue weighted by atomic mass is 9.94. The molecule has 0 spiro atoms. The molecule has 0 radical (unpaired) electrons. The minimum atomic E-state index is -0.361. The molecule has 2 heterocycles. The molecule has 3 atom stereocenters. The monoisotopic (exact) mass is 467 g/mol. The van der Waals surface area contributed by atoms with Crippen LogP contribution in [0.5, 0.6) is 11.5 Å². The van der Waals surface area contributed by atoms with Crippen molar-refractivity contribution < 1.29 is 28.6 Å². The smallest absolute Gasteiger partial charge is 0.257 e. The van der Waals surface area contributed by atoms with Crippen LogP contribution in [-0.2, 0) is 14.3 Å². The van der Waals surface area contributed by atoms with Gasteiger partial charge < -0.3 is 29.7 Å². The Balaban J connectivity index is 1.42. The van der Waals surface area contributed by atoms with Crippen molar-refractivity contribution in [1.29, 1.82) is 0 Å². The number of likely N-dealkylation sites (N-methyl/N-ethyl adjacent to an activating group) is 1. The minimum Gasteiger partial charge on any atom is -0.497 e. The molecule has 1 saturated heterocycles. The van der Waals surface area contributed by atoms with Crippen molar-refractivity contribution in [2.45, 2.75) is 44.4 Å². The molecule has 2 aromatic carbocycles. The quantitative estimate of drug-likeness (QED) is 0.700. The second-order valence-electron chi connectivity index (χ2n) is 8.54. The van der Waals surface area contributed by atoms with Gasteiger partial charge >= 0.3 is 0 Å². The molecule has 34 heavy (non-hydrogen) atoms. The van der Waals surface area contributed by atoms with Crippen LogP contribution in [0.15, 0.2) is 42.5 Å². The molecule has 3 amide bonds. The molecule has 2 aliphatic heterocycles. The zero-order chi connectivity index (χ0) is 24.2. The molecule has 1 fully saturated rings. The van der Waals surface area contributed by atoms with Crippen LogP contribution in [0.2, 0.25) is 0 Å². The zero-order valence-corrected chi connectivity index (χ0v) is 19.5. The van der Waals surface area contributed by atoms with Gasteiger partial charge in [-0.05, 0) is 43.2 Å². The highest BCUT2D eigenvalue weighted by molar-refractivity contribution is 5.99. The third-order valence-corrected chi connectivity index (χ3v) is 6.10. The molecule has 9 heteroatoms. The van der Waals surface area contributed by atoms with Crippen LogP contribution >= 0.6 is 0 Å². The largest absolute Gasteiger partial charge is 0.497 e. The van der Waals surface area contributed by atoms with E-state index in [2.05, 4.69) is 10.6 Å². The Kier molecular flexibility index (Phi) is 7.02. The van der Waals surface area contributed by atoms with Gasteiger partial charge in [0.05, 0.1) is 31.2 Å². The third-order valence-electron chi connectivity index (χ3n) is 6.10. The fourth-order valence-electron chi connectivity index (χ4n) is 4.43. The van der Waals surface area contributed by atoms with Crippen molar-refractivity contribution >= 4 is 29.1 Å². The van der Waals surface area contributed by atoms with E-state index in [-0.39, 0.29) is 49.0 Å². The van der Waals surface area contributed by atoms with E-state index in [1.807, 2.05) is 12.1 Å². The number of hydrogen-bond donors (Lipinski definition) is 2. The second kappa shape index (κ2) is 10.1. The lowest BCUT2D eigenvalue weighted by Crippen LogP contribution is -2.53. The van der Waals surface area contributed by atoms with E-state index in [0.29, 0.717) is 41.3 Å². The summed E-state index contributed by atoms with van der Waals surface area (Å²) in [7, 11) is 3.33. The Morgan fingerprint density at radius 2 is 1.91 bits per heavy atom. The maximum absolute atomic E-state index is 13.2. The molecule has 0 bridgehead atoms. The van der Waals surface area contributed by atoms with E-state index in [1.54, 1.807) is 49.4 Å². The highest BCUT2D eigenvalue weighted by Gasteiger charge is 2.39. The van der Waals surface area contributed by atoms with Crippen LogP contribution in [-0.4, -0.2) is 61.6 Å². The average molecular weight is 468 g/mol. The molecular weight excluding hydrogens is 438 g/mol. The number of carbonyl (C=O) groups is 3. The molecule has 0 aliphatic carbocycles. The first-order valence-corrected chi connectivity index (χ1v) is 11.2. The summed E-state index contributed by atoms with van der Waals surface area (Å²) in [5.41, 5.74) is 1.59. The topological polar surface area (TPSA) is 106 Å². The normalized spacial score (nSPS) is 21.8. The van der Waals surface area contributed by atoms with Gasteiger partial charge in [-0.2, -0.15) is 0 Å². The number of hydrogen-bond acceptors (Lipinski definition) is 6. The molecule has 0 saturated carbocycles. The summed E-state index contributed by atoms with van der Waals surface area (Å²) in [5.74, 6) is 0.539. The van der Waals surface area contributed by atoms with Crippen LogP contribution in [0.1, 0.15) is 36.5 Å². The Labute approximate surface area is 198 Å². The van der Waals surface area contributed by atoms with Gasteiger partial charge in [-0.3, -0.25) is 14.4 Å². The summed E-state index contributed by atoms with van der Waals surface area (Å²) in [5, 5.41) is 5.58. The Morgan fingerprint density at radius 1 is 1.12 bits per heavy atom. The van der Waals surface area contributed by atoms with Gasteiger partial charge in [0.2, 0.25) is 11.8 Å². The maximum Gasteiger partial charge on any atom is 0.257 e. The number of fused-ring (bicyclic) bond motifs is 2. The molecule has 9 nitrogen and oxygen atoms in total. The van der Waals surface area contributed by atoms with Crippen molar-refractivity contribution in [1.82, 2.24) is 4.90 Å². The standard InChI is InChI=1S/C25H29N3O6/c1-15(29)26-17-7-10-22-20(12-17)25(31)28(2)21-9-8-19(34-23(21)14-33-22)13-24(30)27-16-5-4-6-18(11-16)32-3/h4-7,10-12,19,21,23H,8-9,13-14H2,1-3H3,(H,26,29)(H,27,30)/t19-,21+,23+/m0/s1. The first-order valence-electron chi connectivity index (χ1n) is 11.2. The predicted molar refractivity (Wildman–Crippen MR) is 126 cm³/mol. The Morgan fingerprint density at radius 3 is 2.68 bits per heavy atom. The van der Waals surface area contributed by atoms with E-state index in [4.69, 9.17) is 14.2 Å². The number of rotatable bonds is 5. The number of methoxy groups -OCH3 is 1. The summed E-state index contributed by atoms with van der Waals surface area (Å²) < 4.78 is 17.4. The number of amides is 3. The van der Waals surface area contributed by atoms with E-state index in [1.165, 1.54) is 6.92 Å². The van der Waals surface area contributed by atoms with Crippen LogP contribution in [0.4, 0.5) is 11.4 Å². The molecular formula is C25H29N3O6. The zero-order valence-electron chi connectivity index (χ0n) is 19.5. The highest BCUT2D eigenvalue weighted by Crippen LogP contribution is 2.32. The predicted octanol–water partition coefficient (Wildman–Crippen LogP) is 3.06. The number of carbonyl (C=O) groups excluding carboxylic acids is 3. The second-order valence-corrected chi connectivity index (χ2v) is 8.54. The summed E-state index contributed by atoms with van der Waals surface area (Å²) in [6.07, 6.45) is 0.895. The summed E-state index contributed by atoms with van der Waals surface area (Å²) in [6.45, 7) is 1.67. The van der Waals surface area contributed by atoms with Gasteiger partial charge in [0, 0.05) is 31.4 Å². The van der Waals surface area contributed by atoms with E-state index < -0.39 is 0 Å². The van der Waals surface area contributed by atoms with Gasteiger partial charge in [-0.25, -0.2) is 0 Å². The van der Waals surface area contributed by atoms with Crippen LogP contribution in [0, 0.1) is 0 Å². The molecule has 2 N–H and O–H groups in total. The number of anilines is 2. The molecule has 2 aromatic rings. The van der Waals surface area contributed by atoms with Gasteiger partial charge in [-0.1, -0.05) is 6.07 Å². The van der Waals surface area contributed by atoms with Gasteiger partial charge in [0.1, 0.15) is 24.2 Å². The molecule has 2 aliphatic rings. The SMILES string of the molecule is COc1cccc(NC(=O)C[C@@H]2CC[C@@H]3[C@@H](COc4ccc(NC(C)=O)cc4C(=O)N3C)O2)c1. The van der Waals surface area contributed by atoms with Crippen molar-refractivity contribution in [2.75, 3.05) is 31.4 Å². The summed E-state index contributed by atoms with van der Waals surface area (Å²) in [6, 6.07) is 12.0. The molecule has 0 unspecified atom stereocenters. The fraction of sp³-hybridized carbons (Fsp3) is 0.400. The molecule has 180 valence electrons. The van der Waals surface area contributed by atoms with Crippen LogP contribution < -0.4 is 20.1 Å². The number of ether oxygens (including phenoxy) is 3. The first-order chi connectivity index (χ1) is 16.3. The van der Waals surface area contributed by atoms with E-state index in [0.717, 1.165) is 0 Å². The third kappa shape index (κ3) is 5.31. The van der Waals surface area contributed by atoms with E-state index >= 15 is 0 Å². The number of nitrogens with one attached hydrogen (secondary N) is 2. The highest BCUT2D eigenvalue weighted by atomic mass is 16.5. The number of nitrogens with zero attached hydrogens (tertiary/aromatic N) is 1. The summed E-state index contributed by atoms with van der Waals surface area (Å²) >= 11 is 0. The van der Waals surface area contributed by atoms with Gasteiger partial charge in [0.15, 0.2) is 0 Å². The van der Waals surface area contributed by atoms with Crippen LogP contribution in [0.25, 0.3) is 0 Å². The lowest BCUT2D eigenvalue weighted by Gasteiger charge is -2.42. The summed E-state index contributed by atoms with van der Waals surface area (Å²) in [4.78, 5) is 38.9. The van der Waals surface area contributed by atoms with Gasteiger partial charge in [0.25, 0.3) is 5.91 Å². The van der Waals surface area contributed by atoms with Crippen molar-refractivity contribution in [3.05, 3.63) is 48.0 Å². The van der Waals surface area contributed by atoms with Crippen molar-refractivity contribution in [2.24, 2.45) is 0 Å². The number of benzene rings is 2. The van der Waals surface area contributed by atoms with Gasteiger partial charge in [-0.15, -0.1) is 0 Å².